The van der Waals surface area contributed by atoms with Gasteiger partial charge >= 0.3 is 0 Å². The van der Waals surface area contributed by atoms with Gasteiger partial charge in [-0.2, -0.15) is 4.31 Å². The highest BCUT2D eigenvalue weighted by molar-refractivity contribution is 7.89. The fraction of sp³-hybridized carbons (Fsp3) is 0.312. The maximum atomic E-state index is 12.9. The Morgan fingerprint density at radius 2 is 2.04 bits per heavy atom. The molecular weight excluding hydrogens is 362 g/mol. The van der Waals surface area contributed by atoms with Gasteiger partial charge in [0.05, 0.1) is 17.1 Å². The number of carbonyl (C=O) groups excluding carboxylic acids is 2. The number of benzene rings is 1. The lowest BCUT2D eigenvalue weighted by molar-refractivity contribution is -0.114. The first-order valence-corrected chi connectivity index (χ1v) is 9.90. The quantitative estimate of drug-likeness (QED) is 0.820. The molecule has 1 aromatic carbocycles. The fourth-order valence-corrected chi connectivity index (χ4v) is 5.21. The van der Waals surface area contributed by atoms with Crippen molar-refractivity contribution >= 4 is 38.2 Å². The minimum atomic E-state index is -3.70. The van der Waals surface area contributed by atoms with E-state index in [1.54, 1.807) is 12.1 Å². The molecule has 1 aliphatic heterocycles. The van der Waals surface area contributed by atoms with Crippen LogP contribution in [-0.2, 0) is 27.8 Å². The van der Waals surface area contributed by atoms with Gasteiger partial charge in [0, 0.05) is 30.3 Å². The summed E-state index contributed by atoms with van der Waals surface area (Å²) in [6.07, 6.45) is 0.483. The van der Waals surface area contributed by atoms with Crippen LogP contribution in [0.15, 0.2) is 29.2 Å². The number of nitrogens with one attached hydrogen (secondary N) is 1. The first kappa shape index (κ1) is 17.7. The molecule has 1 aliphatic rings. The summed E-state index contributed by atoms with van der Waals surface area (Å²) in [5.41, 5.74) is 1.18. The van der Waals surface area contributed by atoms with Crippen LogP contribution in [0.4, 0.5) is 5.13 Å². The molecule has 2 aromatic rings. The summed E-state index contributed by atoms with van der Waals surface area (Å²) in [6.45, 7) is 3.32. The number of carbonyl (C=O) groups is 2. The number of sulfonamides is 1. The predicted molar refractivity (Wildman–Crippen MR) is 94.2 cm³/mol. The van der Waals surface area contributed by atoms with Crippen molar-refractivity contribution in [3.8, 4) is 0 Å². The highest BCUT2D eigenvalue weighted by Crippen LogP contribution is 2.31. The lowest BCUT2D eigenvalue weighted by atomic mass is 10.2. The SMILES string of the molecule is CC(=O)Nc1nc2c(s1)CN(S(=O)(=O)c1cccc(C(C)=O)c1)CC2. The van der Waals surface area contributed by atoms with Crippen LogP contribution < -0.4 is 5.32 Å². The van der Waals surface area contributed by atoms with E-state index >= 15 is 0 Å². The van der Waals surface area contributed by atoms with Crippen LogP contribution in [0.1, 0.15) is 34.8 Å². The van der Waals surface area contributed by atoms with Gasteiger partial charge in [-0.1, -0.05) is 12.1 Å². The molecule has 0 saturated heterocycles. The van der Waals surface area contributed by atoms with Crippen LogP contribution in [0.5, 0.6) is 0 Å². The number of Topliss-reactive ketones (excluding diaryl/α,β-unsaturated/α-hetero) is 1. The third-order valence-corrected chi connectivity index (χ3v) is 6.70. The summed E-state index contributed by atoms with van der Waals surface area (Å²) in [7, 11) is -3.70. The minimum Gasteiger partial charge on any atom is -0.302 e. The molecule has 0 unspecified atom stereocenters. The van der Waals surface area contributed by atoms with Gasteiger partial charge in [0.1, 0.15) is 0 Å². The summed E-state index contributed by atoms with van der Waals surface area (Å²) < 4.78 is 27.2. The smallest absolute Gasteiger partial charge is 0.243 e. The van der Waals surface area contributed by atoms with E-state index in [2.05, 4.69) is 10.3 Å². The molecular formula is C16H17N3O4S2. The van der Waals surface area contributed by atoms with E-state index in [0.29, 0.717) is 23.7 Å². The van der Waals surface area contributed by atoms with E-state index in [1.165, 1.54) is 41.6 Å². The number of hydrogen-bond acceptors (Lipinski definition) is 6. The number of fused-ring (bicyclic) bond motifs is 1. The average Bonchev–Trinajstić information content (AvgIpc) is 2.95. The monoisotopic (exact) mass is 379 g/mol. The summed E-state index contributed by atoms with van der Waals surface area (Å²) in [5, 5.41) is 3.11. The Bertz CT molecular complexity index is 950. The molecule has 132 valence electrons. The molecule has 0 spiro atoms. The predicted octanol–water partition coefficient (Wildman–Crippen LogP) is 2.05. The third-order valence-electron chi connectivity index (χ3n) is 3.86. The Morgan fingerprint density at radius 3 is 2.72 bits per heavy atom. The highest BCUT2D eigenvalue weighted by Gasteiger charge is 2.30. The Kier molecular flexibility index (Phi) is 4.72. The van der Waals surface area contributed by atoms with Gasteiger partial charge in [0.2, 0.25) is 15.9 Å². The second-order valence-electron chi connectivity index (χ2n) is 5.74. The van der Waals surface area contributed by atoms with Crippen LogP contribution in [-0.4, -0.2) is 35.9 Å². The normalized spacial score (nSPS) is 14.8. The summed E-state index contributed by atoms with van der Waals surface area (Å²) in [4.78, 5) is 27.9. The van der Waals surface area contributed by atoms with Gasteiger partial charge in [-0.15, -0.1) is 11.3 Å². The van der Waals surface area contributed by atoms with Crippen LogP contribution in [0.3, 0.4) is 0 Å². The molecule has 0 radical (unpaired) electrons. The molecule has 0 saturated carbocycles. The van der Waals surface area contributed by atoms with Gasteiger partial charge in [0.15, 0.2) is 10.9 Å². The van der Waals surface area contributed by atoms with Crippen LogP contribution >= 0.6 is 11.3 Å². The van der Waals surface area contributed by atoms with Gasteiger partial charge in [-0.25, -0.2) is 13.4 Å². The number of rotatable bonds is 4. The van der Waals surface area contributed by atoms with E-state index in [1.807, 2.05) is 0 Å². The van der Waals surface area contributed by atoms with Gasteiger partial charge in [0.25, 0.3) is 0 Å². The fourth-order valence-electron chi connectivity index (χ4n) is 2.61. The molecule has 3 rings (SSSR count). The Balaban J connectivity index is 1.87. The number of amides is 1. The summed E-state index contributed by atoms with van der Waals surface area (Å²) in [5.74, 6) is -0.392. The lowest BCUT2D eigenvalue weighted by Gasteiger charge is -2.25. The number of ketones is 1. The molecule has 7 nitrogen and oxygen atoms in total. The number of thiazole rings is 1. The molecule has 2 heterocycles. The van der Waals surface area contributed by atoms with Gasteiger partial charge < -0.3 is 5.32 Å². The number of hydrogen-bond donors (Lipinski definition) is 1. The van der Waals surface area contributed by atoms with Crippen molar-refractivity contribution in [1.82, 2.24) is 9.29 Å². The lowest BCUT2D eigenvalue weighted by Crippen LogP contribution is -2.35. The maximum absolute atomic E-state index is 12.9. The molecule has 0 fully saturated rings. The largest absolute Gasteiger partial charge is 0.302 e. The van der Waals surface area contributed by atoms with Gasteiger partial charge in [-0.3, -0.25) is 9.59 Å². The first-order chi connectivity index (χ1) is 11.8. The van der Waals surface area contributed by atoms with Crippen molar-refractivity contribution in [2.24, 2.45) is 0 Å². The standard InChI is InChI=1S/C16H17N3O4S2/c1-10(20)12-4-3-5-13(8-12)25(22,23)19-7-6-14-15(9-19)24-16(18-14)17-11(2)21/h3-5,8H,6-7,9H2,1-2H3,(H,17,18,21). The zero-order valence-electron chi connectivity index (χ0n) is 13.8. The van der Waals surface area contributed by atoms with E-state index in [4.69, 9.17) is 0 Å². The molecule has 9 heteroatoms. The van der Waals surface area contributed by atoms with E-state index in [9.17, 15) is 18.0 Å². The molecule has 1 aromatic heterocycles. The van der Waals surface area contributed by atoms with Crippen molar-refractivity contribution in [2.75, 3.05) is 11.9 Å². The first-order valence-electron chi connectivity index (χ1n) is 7.64. The molecule has 0 atom stereocenters. The molecule has 0 bridgehead atoms. The second-order valence-corrected chi connectivity index (χ2v) is 8.76. The number of aromatic nitrogens is 1. The van der Waals surface area contributed by atoms with Crippen molar-refractivity contribution in [3.63, 3.8) is 0 Å². The number of anilines is 1. The van der Waals surface area contributed by atoms with Crippen LogP contribution in [0, 0.1) is 0 Å². The Morgan fingerprint density at radius 1 is 1.28 bits per heavy atom. The zero-order valence-corrected chi connectivity index (χ0v) is 15.4. The Labute approximate surface area is 149 Å². The van der Waals surface area contributed by atoms with E-state index in [-0.39, 0.29) is 23.1 Å². The summed E-state index contributed by atoms with van der Waals surface area (Å²) >= 11 is 1.28. The Hall–Kier alpha value is -2.10. The van der Waals surface area contributed by atoms with Crippen LogP contribution in [0.2, 0.25) is 0 Å². The van der Waals surface area contributed by atoms with E-state index in [0.717, 1.165) is 10.6 Å². The minimum absolute atomic E-state index is 0.107. The van der Waals surface area contributed by atoms with Crippen molar-refractivity contribution in [1.29, 1.82) is 0 Å². The molecule has 25 heavy (non-hydrogen) atoms. The average molecular weight is 379 g/mol. The van der Waals surface area contributed by atoms with Gasteiger partial charge in [-0.05, 0) is 19.1 Å². The highest BCUT2D eigenvalue weighted by atomic mass is 32.2. The number of nitrogens with zero attached hydrogens (tertiary/aromatic N) is 2. The van der Waals surface area contributed by atoms with Crippen molar-refractivity contribution in [3.05, 3.63) is 40.4 Å². The third kappa shape index (κ3) is 3.63. The summed E-state index contributed by atoms with van der Waals surface area (Å²) in [6, 6.07) is 6.06. The molecule has 1 amide bonds. The zero-order chi connectivity index (χ0) is 18.2. The van der Waals surface area contributed by atoms with Crippen LogP contribution in [0.25, 0.3) is 0 Å². The molecule has 0 aliphatic carbocycles. The van der Waals surface area contributed by atoms with Crippen molar-refractivity contribution < 1.29 is 18.0 Å². The van der Waals surface area contributed by atoms with Crippen molar-refractivity contribution in [2.45, 2.75) is 31.7 Å². The maximum Gasteiger partial charge on any atom is 0.243 e. The second kappa shape index (κ2) is 6.66. The van der Waals surface area contributed by atoms with E-state index < -0.39 is 10.0 Å². The molecule has 1 N–H and O–H groups in total. The topological polar surface area (TPSA) is 96.4 Å².